The van der Waals surface area contributed by atoms with Crippen LogP contribution >= 0.6 is 15.9 Å². The molecule has 0 saturated carbocycles. The normalized spacial score (nSPS) is 12.4. The van der Waals surface area contributed by atoms with Crippen molar-refractivity contribution in [3.63, 3.8) is 0 Å². The van der Waals surface area contributed by atoms with Crippen molar-refractivity contribution in [2.45, 2.75) is 25.9 Å². The number of nitrogens with one attached hydrogen (secondary N) is 2. The van der Waals surface area contributed by atoms with Crippen LogP contribution in [0.2, 0.25) is 0 Å². The molecule has 90 valence electrons. The van der Waals surface area contributed by atoms with Gasteiger partial charge in [-0.1, -0.05) is 0 Å². The Labute approximate surface area is 104 Å². The molecule has 1 heterocycles. The molecule has 0 aliphatic rings. The third-order valence-corrected chi connectivity index (χ3v) is 2.60. The maximum Gasteiger partial charge on any atom is 0.221 e. The summed E-state index contributed by atoms with van der Waals surface area (Å²) in [6.07, 6.45) is 4.19. The summed E-state index contributed by atoms with van der Waals surface area (Å²) in [4.78, 5) is 11.0. The first-order valence-electron chi connectivity index (χ1n) is 5.23. The fraction of sp³-hybridized carbons (Fsp3) is 0.600. The van der Waals surface area contributed by atoms with E-state index in [0.29, 0.717) is 13.0 Å². The molecule has 0 radical (unpaired) electrons. The van der Waals surface area contributed by atoms with Gasteiger partial charge in [0.15, 0.2) is 0 Å². The van der Waals surface area contributed by atoms with Gasteiger partial charge in [-0.05, 0) is 22.9 Å². The van der Waals surface area contributed by atoms with Crippen LogP contribution in [0.3, 0.4) is 0 Å². The molecule has 0 aliphatic heterocycles. The largest absolute Gasteiger partial charge is 0.359 e. The lowest BCUT2D eigenvalue weighted by molar-refractivity contribution is -0.120. The zero-order valence-corrected chi connectivity index (χ0v) is 11.1. The molecular formula is C10H17BrN4O. The van der Waals surface area contributed by atoms with Crippen LogP contribution in [-0.4, -0.2) is 35.3 Å². The Morgan fingerprint density at radius 3 is 3.00 bits per heavy atom. The second kappa shape index (κ2) is 6.65. The number of hydrogen-bond acceptors (Lipinski definition) is 3. The van der Waals surface area contributed by atoms with Crippen molar-refractivity contribution in [1.82, 2.24) is 20.4 Å². The highest BCUT2D eigenvalue weighted by molar-refractivity contribution is 9.10. The second-order valence-corrected chi connectivity index (χ2v) is 4.57. The van der Waals surface area contributed by atoms with Crippen molar-refractivity contribution in [3.05, 3.63) is 16.9 Å². The Balaban J connectivity index is 2.20. The van der Waals surface area contributed by atoms with Crippen LogP contribution < -0.4 is 10.6 Å². The predicted octanol–water partition coefficient (Wildman–Crippen LogP) is 0.760. The molecule has 1 amide bonds. The van der Waals surface area contributed by atoms with Crippen LogP contribution in [0.1, 0.15) is 13.3 Å². The van der Waals surface area contributed by atoms with Gasteiger partial charge in [0.1, 0.15) is 0 Å². The van der Waals surface area contributed by atoms with Gasteiger partial charge in [0, 0.05) is 32.3 Å². The first-order valence-corrected chi connectivity index (χ1v) is 6.03. The molecule has 0 aliphatic carbocycles. The van der Waals surface area contributed by atoms with E-state index in [1.54, 1.807) is 13.2 Å². The lowest BCUT2D eigenvalue weighted by Crippen LogP contribution is -2.33. The minimum Gasteiger partial charge on any atom is -0.359 e. The summed E-state index contributed by atoms with van der Waals surface area (Å²) in [5, 5.41) is 10.0. The van der Waals surface area contributed by atoms with E-state index in [1.807, 2.05) is 10.9 Å². The first-order chi connectivity index (χ1) is 7.61. The maximum absolute atomic E-state index is 11.0. The van der Waals surface area contributed by atoms with Gasteiger partial charge in [-0.3, -0.25) is 9.48 Å². The summed E-state index contributed by atoms with van der Waals surface area (Å²) in [5.74, 6) is 0.0570. The fourth-order valence-electron chi connectivity index (χ4n) is 1.34. The van der Waals surface area contributed by atoms with Crippen molar-refractivity contribution >= 4 is 21.8 Å². The number of halogens is 1. The van der Waals surface area contributed by atoms with Crippen molar-refractivity contribution in [3.8, 4) is 0 Å². The minimum absolute atomic E-state index is 0.0570. The van der Waals surface area contributed by atoms with E-state index in [9.17, 15) is 4.79 Å². The molecule has 0 fully saturated rings. The van der Waals surface area contributed by atoms with Gasteiger partial charge < -0.3 is 10.6 Å². The number of aromatic nitrogens is 2. The van der Waals surface area contributed by atoms with Gasteiger partial charge in [0.25, 0.3) is 0 Å². The average Bonchev–Trinajstić information content (AvgIpc) is 2.63. The minimum atomic E-state index is 0.0570. The lowest BCUT2D eigenvalue weighted by atomic mass is 10.3. The molecule has 1 aromatic rings. The second-order valence-electron chi connectivity index (χ2n) is 3.66. The highest BCUT2D eigenvalue weighted by atomic mass is 79.9. The molecule has 1 atom stereocenters. The summed E-state index contributed by atoms with van der Waals surface area (Å²) in [5.41, 5.74) is 0. The zero-order chi connectivity index (χ0) is 12.0. The van der Waals surface area contributed by atoms with Gasteiger partial charge in [-0.15, -0.1) is 0 Å². The highest BCUT2D eigenvalue weighted by Gasteiger charge is 2.04. The first kappa shape index (κ1) is 13.2. The molecule has 0 bridgehead atoms. The van der Waals surface area contributed by atoms with Crippen LogP contribution in [0.4, 0.5) is 0 Å². The SMILES string of the molecule is CNC(=O)CCNC(C)Cn1cc(Br)cn1. The predicted molar refractivity (Wildman–Crippen MR) is 66.1 cm³/mol. The van der Waals surface area contributed by atoms with E-state index in [2.05, 4.69) is 38.6 Å². The monoisotopic (exact) mass is 288 g/mol. The Bertz CT molecular complexity index is 339. The standard InChI is InChI=1S/C10H17BrN4O/c1-8(13-4-3-10(16)12-2)6-15-7-9(11)5-14-15/h5,7-8,13H,3-4,6H2,1-2H3,(H,12,16). The van der Waals surface area contributed by atoms with Gasteiger partial charge >= 0.3 is 0 Å². The average molecular weight is 289 g/mol. The summed E-state index contributed by atoms with van der Waals surface area (Å²) >= 11 is 3.35. The molecule has 0 aromatic carbocycles. The summed E-state index contributed by atoms with van der Waals surface area (Å²) in [7, 11) is 1.65. The van der Waals surface area contributed by atoms with Crippen LogP contribution in [0.15, 0.2) is 16.9 Å². The maximum atomic E-state index is 11.0. The van der Waals surface area contributed by atoms with Crippen LogP contribution in [-0.2, 0) is 11.3 Å². The third-order valence-electron chi connectivity index (χ3n) is 2.19. The molecule has 2 N–H and O–H groups in total. The number of carbonyl (C=O) groups is 1. The molecule has 0 spiro atoms. The Morgan fingerprint density at radius 1 is 1.69 bits per heavy atom. The molecule has 1 unspecified atom stereocenters. The van der Waals surface area contributed by atoms with Crippen molar-refractivity contribution in [2.75, 3.05) is 13.6 Å². The van der Waals surface area contributed by atoms with Gasteiger partial charge in [0.05, 0.1) is 17.2 Å². The van der Waals surface area contributed by atoms with E-state index in [0.717, 1.165) is 11.0 Å². The van der Waals surface area contributed by atoms with Crippen molar-refractivity contribution in [2.24, 2.45) is 0 Å². The Morgan fingerprint density at radius 2 is 2.44 bits per heavy atom. The molecule has 0 saturated heterocycles. The fourth-order valence-corrected chi connectivity index (χ4v) is 1.67. The van der Waals surface area contributed by atoms with E-state index in [1.165, 1.54) is 0 Å². The topological polar surface area (TPSA) is 59.0 Å². The number of nitrogens with zero attached hydrogens (tertiary/aromatic N) is 2. The Hall–Kier alpha value is -0.880. The quantitative estimate of drug-likeness (QED) is 0.813. The van der Waals surface area contributed by atoms with Crippen LogP contribution in [0, 0.1) is 0 Å². The van der Waals surface area contributed by atoms with Crippen LogP contribution in [0.5, 0.6) is 0 Å². The summed E-state index contributed by atoms with van der Waals surface area (Å²) < 4.78 is 2.84. The number of rotatable bonds is 6. The van der Waals surface area contributed by atoms with E-state index >= 15 is 0 Å². The molecule has 5 nitrogen and oxygen atoms in total. The third kappa shape index (κ3) is 4.76. The van der Waals surface area contributed by atoms with Crippen molar-refractivity contribution < 1.29 is 4.79 Å². The summed E-state index contributed by atoms with van der Waals surface area (Å²) in [6.45, 7) is 3.54. The molecule has 6 heteroatoms. The summed E-state index contributed by atoms with van der Waals surface area (Å²) in [6, 6.07) is 0.288. The van der Waals surface area contributed by atoms with E-state index in [4.69, 9.17) is 0 Å². The number of hydrogen-bond donors (Lipinski definition) is 2. The van der Waals surface area contributed by atoms with Crippen molar-refractivity contribution in [1.29, 1.82) is 0 Å². The number of carbonyl (C=O) groups excluding carboxylic acids is 1. The lowest BCUT2D eigenvalue weighted by Gasteiger charge is -2.13. The molecule has 16 heavy (non-hydrogen) atoms. The zero-order valence-electron chi connectivity index (χ0n) is 9.53. The highest BCUT2D eigenvalue weighted by Crippen LogP contribution is 2.06. The van der Waals surface area contributed by atoms with Gasteiger partial charge in [-0.25, -0.2) is 0 Å². The molecular weight excluding hydrogens is 272 g/mol. The molecule has 1 aromatic heterocycles. The van der Waals surface area contributed by atoms with Gasteiger partial charge in [0.2, 0.25) is 5.91 Å². The van der Waals surface area contributed by atoms with E-state index in [-0.39, 0.29) is 11.9 Å². The van der Waals surface area contributed by atoms with Crippen LogP contribution in [0.25, 0.3) is 0 Å². The smallest absolute Gasteiger partial charge is 0.221 e. The Kier molecular flexibility index (Phi) is 5.48. The van der Waals surface area contributed by atoms with Gasteiger partial charge in [-0.2, -0.15) is 5.10 Å². The molecule has 1 rings (SSSR count). The number of amides is 1. The van der Waals surface area contributed by atoms with E-state index < -0.39 is 0 Å².